The van der Waals surface area contributed by atoms with Crippen LogP contribution in [-0.2, 0) is 9.53 Å². The van der Waals surface area contributed by atoms with Crippen molar-refractivity contribution in [3.05, 3.63) is 0 Å². The summed E-state index contributed by atoms with van der Waals surface area (Å²) in [7, 11) is 1.67. The lowest BCUT2D eigenvalue weighted by atomic mass is 9.84. The molecule has 1 aliphatic rings. The van der Waals surface area contributed by atoms with Gasteiger partial charge in [0.1, 0.15) is 0 Å². The number of nitrogens with two attached hydrogens (primary N) is 1. The van der Waals surface area contributed by atoms with Gasteiger partial charge in [0.2, 0.25) is 5.91 Å². The Morgan fingerprint density at radius 2 is 2.19 bits per heavy atom. The van der Waals surface area contributed by atoms with E-state index in [9.17, 15) is 4.79 Å². The maximum Gasteiger partial charge on any atom is 0.224 e. The third kappa shape index (κ3) is 4.10. The lowest BCUT2D eigenvalue weighted by Gasteiger charge is -2.28. The highest BCUT2D eigenvalue weighted by Gasteiger charge is 2.28. The normalized spacial score (nSPS) is 27.4. The molecule has 1 amide bonds. The second kappa shape index (κ2) is 6.86. The summed E-state index contributed by atoms with van der Waals surface area (Å²) >= 11 is 0. The molecule has 0 aliphatic heterocycles. The Labute approximate surface area is 97.9 Å². The molecule has 4 nitrogen and oxygen atoms in total. The van der Waals surface area contributed by atoms with E-state index in [2.05, 4.69) is 5.32 Å². The highest BCUT2D eigenvalue weighted by molar-refractivity contribution is 5.79. The van der Waals surface area contributed by atoms with Crippen LogP contribution in [0.25, 0.3) is 0 Å². The minimum absolute atomic E-state index is 0.0127. The van der Waals surface area contributed by atoms with Gasteiger partial charge in [0.15, 0.2) is 0 Å². The first kappa shape index (κ1) is 13.5. The Kier molecular flexibility index (Phi) is 5.77. The Hall–Kier alpha value is -0.610. The number of rotatable bonds is 5. The van der Waals surface area contributed by atoms with E-state index in [1.165, 1.54) is 0 Å². The average molecular weight is 228 g/mol. The molecule has 1 rings (SSSR count). The zero-order chi connectivity index (χ0) is 12.0. The van der Waals surface area contributed by atoms with Crippen molar-refractivity contribution in [2.45, 2.75) is 51.1 Å². The number of amides is 1. The molecule has 0 aromatic carbocycles. The first-order valence-corrected chi connectivity index (χ1v) is 6.20. The standard InChI is InChI=1S/C12H24N2O2/c1-9(7-8-16-2)14-12(15)10-5-3-4-6-11(10)13/h9-11H,3-8,13H2,1-2H3,(H,14,15). The van der Waals surface area contributed by atoms with Crippen LogP contribution in [0.4, 0.5) is 0 Å². The van der Waals surface area contributed by atoms with Crippen LogP contribution in [0.1, 0.15) is 39.0 Å². The number of hydrogen-bond acceptors (Lipinski definition) is 3. The molecule has 0 aromatic heterocycles. The largest absolute Gasteiger partial charge is 0.385 e. The maximum absolute atomic E-state index is 12.0. The fourth-order valence-electron chi connectivity index (χ4n) is 2.20. The van der Waals surface area contributed by atoms with Crippen molar-refractivity contribution in [2.24, 2.45) is 11.7 Å². The molecule has 0 saturated heterocycles. The van der Waals surface area contributed by atoms with Gasteiger partial charge in [-0.05, 0) is 26.2 Å². The molecule has 0 bridgehead atoms. The predicted octanol–water partition coefficient (Wildman–Crippen LogP) is 1.05. The van der Waals surface area contributed by atoms with E-state index in [0.29, 0.717) is 6.61 Å². The number of carbonyl (C=O) groups is 1. The molecule has 1 saturated carbocycles. The summed E-state index contributed by atoms with van der Waals surface area (Å²) < 4.78 is 4.98. The van der Waals surface area contributed by atoms with Gasteiger partial charge in [-0.3, -0.25) is 4.79 Å². The fourth-order valence-corrected chi connectivity index (χ4v) is 2.20. The van der Waals surface area contributed by atoms with Crippen LogP contribution in [-0.4, -0.2) is 31.7 Å². The van der Waals surface area contributed by atoms with E-state index >= 15 is 0 Å². The van der Waals surface area contributed by atoms with Crippen molar-refractivity contribution >= 4 is 5.91 Å². The quantitative estimate of drug-likeness (QED) is 0.739. The summed E-state index contributed by atoms with van der Waals surface area (Å²) in [5.74, 6) is 0.134. The van der Waals surface area contributed by atoms with Gasteiger partial charge in [-0.2, -0.15) is 0 Å². The fraction of sp³-hybridized carbons (Fsp3) is 0.917. The Morgan fingerprint density at radius 3 is 2.81 bits per heavy atom. The lowest BCUT2D eigenvalue weighted by Crippen LogP contribution is -2.46. The first-order chi connectivity index (χ1) is 7.65. The molecule has 0 heterocycles. The number of ether oxygens (including phenoxy) is 1. The molecule has 4 heteroatoms. The number of nitrogens with one attached hydrogen (secondary N) is 1. The Bertz CT molecular complexity index is 221. The van der Waals surface area contributed by atoms with E-state index in [-0.39, 0.29) is 23.9 Å². The van der Waals surface area contributed by atoms with Crippen LogP contribution in [0.15, 0.2) is 0 Å². The molecule has 3 atom stereocenters. The van der Waals surface area contributed by atoms with Crippen LogP contribution < -0.4 is 11.1 Å². The highest BCUT2D eigenvalue weighted by atomic mass is 16.5. The van der Waals surface area contributed by atoms with Crippen molar-refractivity contribution in [2.75, 3.05) is 13.7 Å². The van der Waals surface area contributed by atoms with E-state index in [0.717, 1.165) is 32.1 Å². The summed E-state index contributed by atoms with van der Waals surface area (Å²) in [5.41, 5.74) is 5.97. The molecule has 16 heavy (non-hydrogen) atoms. The molecule has 0 radical (unpaired) electrons. The monoisotopic (exact) mass is 228 g/mol. The van der Waals surface area contributed by atoms with Crippen LogP contribution >= 0.6 is 0 Å². The maximum atomic E-state index is 12.0. The molecule has 3 N–H and O–H groups in total. The van der Waals surface area contributed by atoms with E-state index < -0.39 is 0 Å². The third-order valence-corrected chi connectivity index (χ3v) is 3.30. The lowest BCUT2D eigenvalue weighted by molar-refractivity contribution is -0.127. The first-order valence-electron chi connectivity index (χ1n) is 6.20. The number of hydrogen-bond donors (Lipinski definition) is 2. The second-order valence-electron chi connectivity index (χ2n) is 4.75. The van der Waals surface area contributed by atoms with Crippen LogP contribution in [0, 0.1) is 5.92 Å². The molecule has 1 aliphatic carbocycles. The van der Waals surface area contributed by atoms with Crippen molar-refractivity contribution in [3.63, 3.8) is 0 Å². The summed E-state index contributed by atoms with van der Waals surface area (Å²) in [6, 6.07) is 0.213. The summed E-state index contributed by atoms with van der Waals surface area (Å²) in [6.07, 6.45) is 5.04. The SMILES string of the molecule is COCCC(C)NC(=O)C1CCCCC1N. The van der Waals surface area contributed by atoms with Gasteiger partial charge in [-0.15, -0.1) is 0 Å². The molecular weight excluding hydrogens is 204 g/mol. The van der Waals surface area contributed by atoms with Gasteiger partial charge < -0.3 is 15.8 Å². The van der Waals surface area contributed by atoms with Crippen LogP contribution in [0.3, 0.4) is 0 Å². The molecule has 94 valence electrons. The van der Waals surface area contributed by atoms with E-state index in [1.54, 1.807) is 7.11 Å². The number of methoxy groups -OCH3 is 1. The molecule has 3 unspecified atom stereocenters. The Balaban J connectivity index is 2.32. The van der Waals surface area contributed by atoms with Gasteiger partial charge in [-0.1, -0.05) is 12.8 Å². The Morgan fingerprint density at radius 1 is 1.50 bits per heavy atom. The zero-order valence-electron chi connectivity index (χ0n) is 10.4. The minimum Gasteiger partial charge on any atom is -0.385 e. The third-order valence-electron chi connectivity index (χ3n) is 3.30. The van der Waals surface area contributed by atoms with Crippen molar-refractivity contribution < 1.29 is 9.53 Å². The molecule has 1 fully saturated rings. The topological polar surface area (TPSA) is 64.3 Å². The highest BCUT2D eigenvalue weighted by Crippen LogP contribution is 2.23. The summed E-state index contributed by atoms with van der Waals surface area (Å²) in [5, 5.41) is 3.02. The van der Waals surface area contributed by atoms with Gasteiger partial charge in [-0.25, -0.2) is 0 Å². The van der Waals surface area contributed by atoms with Gasteiger partial charge in [0.05, 0.1) is 5.92 Å². The molecular formula is C12H24N2O2. The minimum atomic E-state index is 0.0127. The van der Waals surface area contributed by atoms with E-state index in [1.807, 2.05) is 6.92 Å². The van der Waals surface area contributed by atoms with Crippen molar-refractivity contribution in [1.82, 2.24) is 5.32 Å². The van der Waals surface area contributed by atoms with Crippen molar-refractivity contribution in [1.29, 1.82) is 0 Å². The van der Waals surface area contributed by atoms with Crippen LogP contribution in [0.2, 0.25) is 0 Å². The predicted molar refractivity (Wildman–Crippen MR) is 64.0 cm³/mol. The summed E-state index contributed by atoms with van der Waals surface area (Å²) in [6.45, 7) is 2.68. The van der Waals surface area contributed by atoms with Gasteiger partial charge in [0, 0.05) is 25.8 Å². The molecule has 0 aromatic rings. The second-order valence-corrected chi connectivity index (χ2v) is 4.75. The van der Waals surface area contributed by atoms with Gasteiger partial charge in [0.25, 0.3) is 0 Å². The molecule has 0 spiro atoms. The van der Waals surface area contributed by atoms with Gasteiger partial charge >= 0.3 is 0 Å². The van der Waals surface area contributed by atoms with E-state index in [4.69, 9.17) is 10.5 Å². The number of carbonyl (C=O) groups excluding carboxylic acids is 1. The smallest absolute Gasteiger partial charge is 0.224 e. The summed E-state index contributed by atoms with van der Waals surface area (Å²) in [4.78, 5) is 12.0. The van der Waals surface area contributed by atoms with Crippen molar-refractivity contribution in [3.8, 4) is 0 Å². The van der Waals surface area contributed by atoms with Crippen LogP contribution in [0.5, 0.6) is 0 Å². The zero-order valence-corrected chi connectivity index (χ0v) is 10.4. The average Bonchev–Trinajstić information content (AvgIpc) is 2.26.